The summed E-state index contributed by atoms with van der Waals surface area (Å²) in [5, 5.41) is 20.9. The predicted molar refractivity (Wildman–Crippen MR) is 149 cm³/mol. The number of fused-ring (bicyclic) bond motifs is 7. The molecular weight excluding hydrogens is 464 g/mol. The van der Waals surface area contributed by atoms with Crippen LogP contribution in [0.4, 0.5) is 0 Å². The van der Waals surface area contributed by atoms with Gasteiger partial charge in [0.2, 0.25) is 0 Å². The largest absolute Gasteiger partial charge is 0.506 e. The summed E-state index contributed by atoms with van der Waals surface area (Å²) in [6.07, 6.45) is 15.5. The summed E-state index contributed by atoms with van der Waals surface area (Å²) < 4.78 is 0. The fourth-order valence-electron chi connectivity index (χ4n) is 11.7. The molecule has 0 aliphatic heterocycles. The molecule has 7 unspecified atom stereocenters. The van der Waals surface area contributed by atoms with Crippen molar-refractivity contribution in [1.29, 1.82) is 0 Å². The van der Waals surface area contributed by atoms with Gasteiger partial charge in [-0.3, -0.25) is 0 Å². The molecule has 1 aromatic carbocycles. The van der Waals surface area contributed by atoms with Crippen LogP contribution in [-0.4, -0.2) is 16.8 Å². The molecule has 36 heavy (non-hydrogen) atoms. The lowest BCUT2D eigenvalue weighted by Crippen LogP contribution is -2.65. The number of hydrogen-bond donors (Lipinski definition) is 2. The number of hydrogen-bond acceptors (Lipinski definition) is 2. The number of rotatable bonds is 2. The van der Waals surface area contributed by atoms with E-state index in [4.69, 9.17) is 11.6 Å². The zero-order chi connectivity index (χ0) is 25.7. The van der Waals surface area contributed by atoms with Gasteiger partial charge in [0, 0.05) is 6.61 Å². The van der Waals surface area contributed by atoms with Crippen molar-refractivity contribution in [2.45, 2.75) is 98.8 Å². The third-order valence-corrected chi connectivity index (χ3v) is 14.0. The van der Waals surface area contributed by atoms with Crippen LogP contribution in [0.3, 0.4) is 0 Å². The van der Waals surface area contributed by atoms with Crippen LogP contribution in [0.15, 0.2) is 24.3 Å². The van der Waals surface area contributed by atoms with Crippen LogP contribution in [-0.2, 0) is 0 Å². The summed E-state index contributed by atoms with van der Waals surface area (Å²) in [5.74, 6) is 3.07. The first-order valence-electron chi connectivity index (χ1n) is 14.7. The van der Waals surface area contributed by atoms with Crippen LogP contribution in [0.5, 0.6) is 5.75 Å². The zero-order valence-corrected chi connectivity index (χ0v) is 23.9. The number of halogens is 1. The van der Waals surface area contributed by atoms with E-state index in [9.17, 15) is 10.2 Å². The molecule has 1 aromatic rings. The molecule has 8 atom stereocenters. The number of aromatic hydroxyl groups is 1. The molecule has 6 rings (SSSR count). The Hall–Kier alpha value is -0.990. The van der Waals surface area contributed by atoms with Crippen molar-refractivity contribution < 1.29 is 10.2 Å². The third kappa shape index (κ3) is 3.07. The molecule has 5 aliphatic rings. The van der Waals surface area contributed by atoms with E-state index in [0.717, 1.165) is 24.2 Å². The molecule has 198 valence electrons. The van der Waals surface area contributed by atoms with Gasteiger partial charge in [0.05, 0.1) is 5.02 Å². The third-order valence-electron chi connectivity index (χ3n) is 13.7. The second kappa shape index (κ2) is 8.01. The van der Waals surface area contributed by atoms with Gasteiger partial charge in [-0.1, -0.05) is 64.8 Å². The quantitative estimate of drug-likeness (QED) is 0.417. The molecule has 0 spiro atoms. The Balaban J connectivity index is 1.37. The van der Waals surface area contributed by atoms with E-state index < -0.39 is 0 Å². The molecule has 0 bridgehead atoms. The highest BCUT2D eigenvalue weighted by atomic mass is 35.5. The maximum atomic E-state index is 10.5. The first-order valence-corrected chi connectivity index (χ1v) is 15.1. The Labute approximate surface area is 223 Å². The lowest BCUT2D eigenvalue weighted by atomic mass is 9.33. The van der Waals surface area contributed by atoms with Crippen LogP contribution >= 0.6 is 11.6 Å². The normalized spacial score (nSPS) is 47.2. The van der Waals surface area contributed by atoms with Crippen LogP contribution in [0, 0.1) is 50.7 Å². The van der Waals surface area contributed by atoms with E-state index in [1.54, 1.807) is 6.07 Å². The highest BCUT2D eigenvalue weighted by Crippen LogP contribution is 2.77. The topological polar surface area (TPSA) is 40.5 Å². The van der Waals surface area contributed by atoms with Crippen molar-refractivity contribution in [2.75, 3.05) is 6.61 Å². The molecule has 3 heteroatoms. The van der Waals surface area contributed by atoms with Crippen molar-refractivity contribution in [3.05, 3.63) is 34.9 Å². The molecule has 2 nitrogen and oxygen atoms in total. The lowest BCUT2D eigenvalue weighted by molar-refractivity contribution is -0.225. The molecule has 0 aromatic heterocycles. The van der Waals surface area contributed by atoms with E-state index in [-0.39, 0.29) is 16.6 Å². The molecule has 0 amide bonds. The van der Waals surface area contributed by atoms with Crippen molar-refractivity contribution in [1.82, 2.24) is 0 Å². The standard InChI is InChI=1S/C33H47ClO2/c1-29(2)22(21-8-10-26(36)25(34)19-21)12-15-30(3)27(29)13-16-32(5)28(30)11-9-23-24-7-6-14-33(24,20-35)18-17-31(23,32)4/h8,10,12,19,23-24,27-28,35-36H,6-7,9,11,13-18,20H2,1-5H3/t23?,24?,27?,28?,30?,31-,32?,33?/m1/s1. The van der Waals surface area contributed by atoms with Gasteiger partial charge >= 0.3 is 0 Å². The van der Waals surface area contributed by atoms with E-state index in [1.807, 2.05) is 12.1 Å². The van der Waals surface area contributed by atoms with Gasteiger partial charge in [0.25, 0.3) is 0 Å². The Bertz CT molecular complexity index is 1090. The summed E-state index contributed by atoms with van der Waals surface area (Å²) in [6, 6.07) is 5.76. The summed E-state index contributed by atoms with van der Waals surface area (Å²) in [4.78, 5) is 0. The number of aliphatic hydroxyl groups is 1. The number of aliphatic hydroxyl groups excluding tert-OH is 1. The van der Waals surface area contributed by atoms with Gasteiger partial charge in [0.15, 0.2) is 0 Å². The van der Waals surface area contributed by atoms with Crippen molar-refractivity contribution in [3.8, 4) is 5.75 Å². The fraction of sp³-hybridized carbons (Fsp3) is 0.758. The van der Waals surface area contributed by atoms with E-state index in [2.05, 4.69) is 40.7 Å². The Morgan fingerprint density at radius 1 is 0.861 bits per heavy atom. The molecule has 2 N–H and O–H groups in total. The van der Waals surface area contributed by atoms with Crippen LogP contribution < -0.4 is 0 Å². The number of allylic oxidation sites excluding steroid dienone is 2. The minimum atomic E-state index is 0.0659. The summed E-state index contributed by atoms with van der Waals surface area (Å²) in [7, 11) is 0. The second-order valence-corrected chi connectivity index (χ2v) is 15.3. The molecule has 0 saturated heterocycles. The van der Waals surface area contributed by atoms with Crippen LogP contribution in [0.2, 0.25) is 5.02 Å². The number of phenolic OH excluding ortho intramolecular Hbond substituents is 1. The minimum absolute atomic E-state index is 0.0659. The molecule has 4 saturated carbocycles. The fourth-order valence-corrected chi connectivity index (χ4v) is 11.9. The predicted octanol–water partition coefficient (Wildman–Crippen LogP) is 8.89. The maximum absolute atomic E-state index is 10.5. The van der Waals surface area contributed by atoms with E-state index in [1.165, 1.54) is 68.9 Å². The van der Waals surface area contributed by atoms with Crippen molar-refractivity contribution >= 4 is 17.2 Å². The Morgan fingerprint density at radius 3 is 2.36 bits per heavy atom. The highest BCUT2D eigenvalue weighted by Gasteiger charge is 2.69. The van der Waals surface area contributed by atoms with Gasteiger partial charge in [-0.2, -0.15) is 0 Å². The Morgan fingerprint density at radius 2 is 1.64 bits per heavy atom. The number of phenols is 1. The SMILES string of the molecule is CC1(C)C(c2ccc(O)c(Cl)c2)=CCC2(C)C1CCC1(C)C2CCC2C3CCCC3(CO)CC[C@]21C. The molecule has 4 fully saturated rings. The van der Waals surface area contributed by atoms with Gasteiger partial charge in [-0.25, -0.2) is 0 Å². The number of benzene rings is 1. The molecule has 5 aliphatic carbocycles. The average molecular weight is 511 g/mol. The monoisotopic (exact) mass is 510 g/mol. The lowest BCUT2D eigenvalue weighted by Gasteiger charge is -2.72. The maximum Gasteiger partial charge on any atom is 0.134 e. The average Bonchev–Trinajstić information content (AvgIpc) is 3.26. The summed E-state index contributed by atoms with van der Waals surface area (Å²) in [6.45, 7) is 13.4. The van der Waals surface area contributed by atoms with Crippen molar-refractivity contribution in [2.24, 2.45) is 50.7 Å². The summed E-state index contributed by atoms with van der Waals surface area (Å²) >= 11 is 6.35. The van der Waals surface area contributed by atoms with Gasteiger partial charge < -0.3 is 10.2 Å². The smallest absolute Gasteiger partial charge is 0.134 e. The highest BCUT2D eigenvalue weighted by molar-refractivity contribution is 6.32. The zero-order valence-electron chi connectivity index (χ0n) is 23.2. The van der Waals surface area contributed by atoms with Crippen LogP contribution in [0.25, 0.3) is 5.57 Å². The first kappa shape index (κ1) is 25.3. The minimum Gasteiger partial charge on any atom is -0.506 e. The molecular formula is C33H47ClO2. The summed E-state index contributed by atoms with van der Waals surface area (Å²) in [5.41, 5.74) is 3.93. The van der Waals surface area contributed by atoms with Gasteiger partial charge in [-0.05, 0) is 132 Å². The molecule has 0 radical (unpaired) electrons. The first-order chi connectivity index (χ1) is 16.9. The molecule has 0 heterocycles. The van der Waals surface area contributed by atoms with Crippen molar-refractivity contribution in [3.63, 3.8) is 0 Å². The Kier molecular flexibility index (Phi) is 5.63. The van der Waals surface area contributed by atoms with E-state index >= 15 is 0 Å². The van der Waals surface area contributed by atoms with Crippen LogP contribution in [0.1, 0.15) is 104 Å². The second-order valence-electron chi connectivity index (χ2n) is 14.9. The van der Waals surface area contributed by atoms with Gasteiger partial charge in [0.1, 0.15) is 5.75 Å². The van der Waals surface area contributed by atoms with Gasteiger partial charge in [-0.15, -0.1) is 0 Å². The van der Waals surface area contributed by atoms with E-state index in [0.29, 0.717) is 33.8 Å².